The molecule has 0 atom stereocenters. The zero-order chi connectivity index (χ0) is 2.71. The highest BCUT2D eigenvalue weighted by atomic mass is 19.2. The summed E-state index contributed by atoms with van der Waals surface area (Å²) >= 11 is 0. The topological polar surface area (TPSA) is 0 Å². The fourth-order valence-electron chi connectivity index (χ4n) is 0. The lowest BCUT2D eigenvalue weighted by Gasteiger charge is -1.36. The van der Waals surface area contributed by atoms with Crippen LogP contribution >= 0.6 is 0 Å². The third-order valence-electron chi connectivity index (χ3n) is 0. The molecular formula is CH5BF2. The maximum Gasteiger partial charge on any atom is 0.521 e. The second-order valence-corrected chi connectivity index (χ2v) is 0.101. The van der Waals surface area contributed by atoms with Crippen LogP contribution in [0.15, 0.2) is 0 Å². The fraction of sp³-hybridized carbons (Fsp3) is 1.00. The standard InChI is InChI=1S/CH4.BF2H/c;2-1-3/h1H4;1H. The van der Waals surface area contributed by atoms with Gasteiger partial charge in [-0.3, -0.25) is 8.63 Å². The molecule has 0 nitrogen and oxygen atoms in total. The van der Waals surface area contributed by atoms with Crippen LogP contribution in [-0.2, 0) is 0 Å². The zero-order valence-corrected chi connectivity index (χ0v) is 1.46. The summed E-state index contributed by atoms with van der Waals surface area (Å²) in [6.45, 7) is 0. The van der Waals surface area contributed by atoms with Gasteiger partial charge < -0.3 is 0 Å². The Morgan fingerprint density at radius 1 is 1.25 bits per heavy atom. The average Bonchev–Trinajstić information content (AvgIpc) is 0.918. The smallest absolute Gasteiger partial charge is 0.291 e. The Morgan fingerprint density at radius 3 is 1.25 bits per heavy atom. The first-order valence-corrected chi connectivity index (χ1v) is 0.535. The van der Waals surface area contributed by atoms with Crippen molar-refractivity contribution in [3.05, 3.63) is 0 Å². The third-order valence-corrected chi connectivity index (χ3v) is 0. The van der Waals surface area contributed by atoms with Crippen LogP contribution in [0.25, 0.3) is 0 Å². The Kier molecular flexibility index (Phi) is 28.7. The number of hydrogen-bond donors (Lipinski definition) is 0. The summed E-state index contributed by atoms with van der Waals surface area (Å²) in [7, 11) is -1.75. The maximum atomic E-state index is 9.62. The molecular weight excluding hydrogens is 60.8 g/mol. The summed E-state index contributed by atoms with van der Waals surface area (Å²) in [6, 6.07) is 0. The Balaban J connectivity index is 0. The van der Waals surface area contributed by atoms with Crippen molar-refractivity contribution in [3.8, 4) is 0 Å². The van der Waals surface area contributed by atoms with Crippen LogP contribution in [0.1, 0.15) is 7.43 Å². The van der Waals surface area contributed by atoms with Gasteiger partial charge in [0.15, 0.2) is 0 Å². The summed E-state index contributed by atoms with van der Waals surface area (Å²) in [6.07, 6.45) is 0. The summed E-state index contributed by atoms with van der Waals surface area (Å²) in [5.74, 6) is 0. The van der Waals surface area contributed by atoms with Gasteiger partial charge in [-0.25, -0.2) is 0 Å². The van der Waals surface area contributed by atoms with Crippen molar-refractivity contribution in [2.24, 2.45) is 0 Å². The lowest BCUT2D eigenvalue weighted by molar-refractivity contribution is 0.712. The molecule has 0 fully saturated rings. The van der Waals surface area contributed by atoms with Crippen LogP contribution in [0.3, 0.4) is 0 Å². The molecule has 3 heteroatoms. The normalized spacial score (nSPS) is 3.50. The van der Waals surface area contributed by atoms with E-state index in [1.165, 1.54) is 0 Å². The third kappa shape index (κ3) is 292. The van der Waals surface area contributed by atoms with Crippen molar-refractivity contribution in [3.63, 3.8) is 0 Å². The van der Waals surface area contributed by atoms with E-state index in [-0.39, 0.29) is 7.43 Å². The summed E-state index contributed by atoms with van der Waals surface area (Å²) in [4.78, 5) is 0. The predicted molar refractivity (Wildman–Crippen MR) is 16.1 cm³/mol. The van der Waals surface area contributed by atoms with Gasteiger partial charge >= 0.3 is 7.83 Å². The SMILES string of the molecule is C.FBF. The first-order chi connectivity index (χ1) is 1.41. The molecule has 0 bridgehead atoms. The molecule has 0 aliphatic rings. The molecule has 0 unspecified atom stereocenters. The Bertz CT molecular complexity index is 6.00. The molecule has 0 N–H and O–H groups in total. The predicted octanol–water partition coefficient (Wildman–Crippen LogP) is 0.828. The lowest BCUT2D eigenvalue weighted by Crippen LogP contribution is -1.45. The average molecular weight is 65.9 g/mol. The number of halogens is 2. The van der Waals surface area contributed by atoms with Crippen LogP contribution < -0.4 is 0 Å². The maximum absolute atomic E-state index is 9.62. The van der Waals surface area contributed by atoms with E-state index in [2.05, 4.69) is 0 Å². The van der Waals surface area contributed by atoms with Gasteiger partial charge in [-0.1, -0.05) is 7.43 Å². The molecule has 0 radical (unpaired) electrons. The van der Waals surface area contributed by atoms with E-state index in [9.17, 15) is 8.63 Å². The quantitative estimate of drug-likeness (QED) is 0.367. The van der Waals surface area contributed by atoms with Crippen LogP contribution in [0.5, 0.6) is 0 Å². The highest BCUT2D eigenvalue weighted by Crippen LogP contribution is 1.49. The molecule has 0 aromatic carbocycles. The molecule has 0 spiro atoms. The first-order valence-electron chi connectivity index (χ1n) is 0.535. The molecule has 0 aliphatic carbocycles. The van der Waals surface area contributed by atoms with Crippen LogP contribution in [0.2, 0.25) is 0 Å². The van der Waals surface area contributed by atoms with Crippen molar-refractivity contribution in [1.82, 2.24) is 0 Å². The first kappa shape index (κ1) is 9.06. The van der Waals surface area contributed by atoms with Crippen LogP contribution in [0.4, 0.5) is 8.63 Å². The second-order valence-electron chi connectivity index (χ2n) is 0.101. The largest absolute Gasteiger partial charge is 0.521 e. The van der Waals surface area contributed by atoms with Gasteiger partial charge in [0.05, 0.1) is 0 Å². The van der Waals surface area contributed by atoms with E-state index in [4.69, 9.17) is 0 Å². The summed E-state index contributed by atoms with van der Waals surface area (Å²) < 4.78 is 19.2. The Hall–Kier alpha value is -0.0751. The molecule has 26 valence electrons. The van der Waals surface area contributed by atoms with Gasteiger partial charge in [-0.05, 0) is 0 Å². The highest BCUT2D eigenvalue weighted by molar-refractivity contribution is 6.15. The minimum absolute atomic E-state index is 0. The zero-order valence-electron chi connectivity index (χ0n) is 1.46. The van der Waals surface area contributed by atoms with E-state index in [0.717, 1.165) is 0 Å². The van der Waals surface area contributed by atoms with Gasteiger partial charge in [0.1, 0.15) is 0 Å². The molecule has 0 aromatic rings. The molecule has 0 saturated carbocycles. The van der Waals surface area contributed by atoms with E-state index < -0.39 is 7.83 Å². The molecule has 4 heavy (non-hydrogen) atoms. The Morgan fingerprint density at radius 2 is 1.25 bits per heavy atom. The molecule has 0 amide bonds. The fourth-order valence-corrected chi connectivity index (χ4v) is 0. The van der Waals surface area contributed by atoms with Gasteiger partial charge in [-0.2, -0.15) is 0 Å². The van der Waals surface area contributed by atoms with Crippen LogP contribution in [-0.4, -0.2) is 7.83 Å². The monoisotopic (exact) mass is 66.0 g/mol. The van der Waals surface area contributed by atoms with Crippen molar-refractivity contribution >= 4 is 7.83 Å². The highest BCUT2D eigenvalue weighted by Gasteiger charge is 1.59. The van der Waals surface area contributed by atoms with Crippen molar-refractivity contribution in [2.45, 2.75) is 7.43 Å². The van der Waals surface area contributed by atoms with Gasteiger partial charge in [0, 0.05) is 0 Å². The Labute approximate surface area is 25.2 Å². The summed E-state index contributed by atoms with van der Waals surface area (Å²) in [5.41, 5.74) is 0. The van der Waals surface area contributed by atoms with E-state index in [1.54, 1.807) is 0 Å². The summed E-state index contributed by atoms with van der Waals surface area (Å²) in [5, 5.41) is 0. The van der Waals surface area contributed by atoms with Gasteiger partial charge in [-0.15, -0.1) is 0 Å². The van der Waals surface area contributed by atoms with Gasteiger partial charge in [0.25, 0.3) is 0 Å². The second kappa shape index (κ2) is 12.7. The van der Waals surface area contributed by atoms with Crippen molar-refractivity contribution in [2.75, 3.05) is 0 Å². The van der Waals surface area contributed by atoms with Crippen molar-refractivity contribution in [1.29, 1.82) is 0 Å². The lowest BCUT2D eigenvalue weighted by atomic mass is 10.6. The van der Waals surface area contributed by atoms with E-state index in [1.807, 2.05) is 0 Å². The van der Waals surface area contributed by atoms with Crippen LogP contribution in [0, 0.1) is 0 Å². The molecule has 0 heterocycles. The van der Waals surface area contributed by atoms with Gasteiger partial charge in [0.2, 0.25) is 0 Å². The number of hydrogen-bond acceptors (Lipinski definition) is 0. The molecule has 0 saturated heterocycles. The molecule has 0 aromatic heterocycles. The molecule has 0 rings (SSSR count). The van der Waals surface area contributed by atoms with E-state index >= 15 is 0 Å². The van der Waals surface area contributed by atoms with E-state index in [0.29, 0.717) is 0 Å². The minimum atomic E-state index is -1.75. The number of rotatable bonds is 0. The van der Waals surface area contributed by atoms with Crippen molar-refractivity contribution < 1.29 is 8.63 Å². The minimum Gasteiger partial charge on any atom is -0.291 e. The molecule has 0 aliphatic heterocycles.